The third-order valence-corrected chi connectivity index (χ3v) is 4.89. The van der Waals surface area contributed by atoms with Crippen LogP contribution in [0.2, 0.25) is 0 Å². The lowest BCUT2D eigenvalue weighted by Gasteiger charge is -2.06. The van der Waals surface area contributed by atoms with Crippen LogP contribution in [0.4, 0.5) is 5.69 Å². The average Bonchev–Trinajstić information content (AvgIpc) is 2.75. The van der Waals surface area contributed by atoms with Crippen LogP contribution < -0.4 is 5.32 Å². The highest BCUT2D eigenvalue weighted by molar-refractivity contribution is 9.12. The highest BCUT2D eigenvalue weighted by Gasteiger charge is 2.14. The molecule has 1 amide bonds. The van der Waals surface area contributed by atoms with Gasteiger partial charge in [0.05, 0.1) is 13.1 Å². The summed E-state index contributed by atoms with van der Waals surface area (Å²) in [4.78, 5) is 12.3. The predicted molar refractivity (Wildman–Crippen MR) is 92.8 cm³/mol. The SMILES string of the molecule is Cc1cc(C#CCO)cc(NC(=O)c2cc(Br)sc2Br)c1. The maximum atomic E-state index is 12.3. The molecular formula is C15H11Br2NO2S. The first kappa shape index (κ1) is 16.2. The minimum Gasteiger partial charge on any atom is -0.384 e. The van der Waals surface area contributed by atoms with E-state index in [-0.39, 0.29) is 12.5 Å². The zero-order valence-electron chi connectivity index (χ0n) is 11.0. The zero-order valence-corrected chi connectivity index (χ0v) is 15.0. The van der Waals surface area contributed by atoms with Crippen molar-refractivity contribution < 1.29 is 9.90 Å². The van der Waals surface area contributed by atoms with E-state index < -0.39 is 0 Å². The molecular weight excluding hydrogens is 418 g/mol. The number of aliphatic hydroxyl groups is 1. The van der Waals surface area contributed by atoms with E-state index in [0.717, 1.165) is 18.7 Å². The first-order valence-corrected chi connectivity index (χ1v) is 8.37. The lowest BCUT2D eigenvalue weighted by molar-refractivity contribution is 0.102. The first-order valence-electron chi connectivity index (χ1n) is 5.97. The standard InChI is InChI=1S/C15H11Br2NO2S/c1-9-5-10(3-2-4-19)7-11(6-9)18-15(20)12-8-13(16)21-14(12)17/h5-8,19H,4H2,1H3,(H,18,20). The first-order chi connectivity index (χ1) is 9.99. The molecule has 0 atom stereocenters. The van der Waals surface area contributed by atoms with Crippen molar-refractivity contribution in [3.8, 4) is 11.8 Å². The van der Waals surface area contributed by atoms with Crippen LogP contribution in [0.5, 0.6) is 0 Å². The van der Waals surface area contributed by atoms with Crippen LogP contribution in [0.25, 0.3) is 0 Å². The molecule has 0 aliphatic rings. The Morgan fingerprint density at radius 2 is 2.10 bits per heavy atom. The average molecular weight is 429 g/mol. The molecule has 2 rings (SSSR count). The third kappa shape index (κ3) is 4.42. The van der Waals surface area contributed by atoms with Gasteiger partial charge in [-0.15, -0.1) is 11.3 Å². The van der Waals surface area contributed by atoms with Crippen molar-refractivity contribution in [3.63, 3.8) is 0 Å². The molecule has 1 heterocycles. The normalized spacial score (nSPS) is 9.90. The Bertz CT molecular complexity index is 744. The number of nitrogens with one attached hydrogen (secondary N) is 1. The summed E-state index contributed by atoms with van der Waals surface area (Å²) in [7, 11) is 0. The highest BCUT2D eigenvalue weighted by Crippen LogP contribution is 2.32. The summed E-state index contributed by atoms with van der Waals surface area (Å²) in [5.74, 6) is 5.25. The summed E-state index contributed by atoms with van der Waals surface area (Å²) in [6, 6.07) is 7.32. The van der Waals surface area contributed by atoms with E-state index in [0.29, 0.717) is 11.3 Å². The Balaban J connectivity index is 2.25. The molecule has 108 valence electrons. The summed E-state index contributed by atoms with van der Waals surface area (Å²) in [6.07, 6.45) is 0. The molecule has 1 aromatic heterocycles. The molecule has 2 N–H and O–H groups in total. The smallest absolute Gasteiger partial charge is 0.257 e. The number of aryl methyl sites for hydroxylation is 1. The Morgan fingerprint density at radius 1 is 1.33 bits per heavy atom. The molecule has 0 bridgehead atoms. The van der Waals surface area contributed by atoms with E-state index in [2.05, 4.69) is 49.0 Å². The Morgan fingerprint density at radius 3 is 2.71 bits per heavy atom. The molecule has 0 spiro atoms. The van der Waals surface area contributed by atoms with E-state index >= 15 is 0 Å². The van der Waals surface area contributed by atoms with Gasteiger partial charge >= 0.3 is 0 Å². The molecule has 3 nitrogen and oxygen atoms in total. The van der Waals surface area contributed by atoms with Crippen molar-refractivity contribution in [2.24, 2.45) is 0 Å². The Hall–Kier alpha value is -1.13. The topological polar surface area (TPSA) is 49.3 Å². The van der Waals surface area contributed by atoms with Crippen LogP contribution in [-0.2, 0) is 0 Å². The largest absolute Gasteiger partial charge is 0.384 e. The molecule has 1 aromatic carbocycles. The van der Waals surface area contributed by atoms with E-state index in [1.807, 2.05) is 19.1 Å². The van der Waals surface area contributed by atoms with Gasteiger partial charge in [0.15, 0.2) is 0 Å². The van der Waals surface area contributed by atoms with Crippen LogP contribution in [-0.4, -0.2) is 17.6 Å². The van der Waals surface area contributed by atoms with Gasteiger partial charge in [-0.2, -0.15) is 0 Å². The molecule has 0 aliphatic heterocycles. The van der Waals surface area contributed by atoms with Gasteiger partial charge in [0, 0.05) is 11.3 Å². The van der Waals surface area contributed by atoms with Gasteiger partial charge in [-0.1, -0.05) is 11.8 Å². The van der Waals surface area contributed by atoms with E-state index in [1.165, 1.54) is 11.3 Å². The second kappa shape index (κ2) is 7.23. The van der Waals surface area contributed by atoms with Crippen molar-refractivity contribution >= 4 is 54.8 Å². The van der Waals surface area contributed by atoms with Gasteiger partial charge in [-0.3, -0.25) is 4.79 Å². The van der Waals surface area contributed by atoms with Gasteiger partial charge in [-0.05, 0) is 68.6 Å². The number of amides is 1. The quantitative estimate of drug-likeness (QED) is 0.705. The number of thiophene rings is 1. The lowest BCUT2D eigenvalue weighted by atomic mass is 10.1. The number of carbonyl (C=O) groups excluding carboxylic acids is 1. The van der Waals surface area contributed by atoms with Gasteiger partial charge in [-0.25, -0.2) is 0 Å². The van der Waals surface area contributed by atoms with Crippen molar-refractivity contribution in [1.82, 2.24) is 0 Å². The molecule has 2 aromatic rings. The van der Waals surface area contributed by atoms with Crippen molar-refractivity contribution in [3.05, 3.63) is 48.5 Å². The molecule has 21 heavy (non-hydrogen) atoms. The highest BCUT2D eigenvalue weighted by atomic mass is 79.9. The molecule has 0 aliphatic carbocycles. The van der Waals surface area contributed by atoms with Crippen LogP contribution in [0.3, 0.4) is 0 Å². The number of halogens is 2. The number of hydrogen-bond donors (Lipinski definition) is 2. The van der Waals surface area contributed by atoms with Crippen LogP contribution in [0, 0.1) is 18.8 Å². The van der Waals surface area contributed by atoms with E-state index in [9.17, 15) is 4.79 Å². The summed E-state index contributed by atoms with van der Waals surface area (Å²) in [5, 5.41) is 11.6. The summed E-state index contributed by atoms with van der Waals surface area (Å²) in [6.45, 7) is 1.74. The molecule has 6 heteroatoms. The van der Waals surface area contributed by atoms with E-state index in [4.69, 9.17) is 5.11 Å². The van der Waals surface area contributed by atoms with Crippen LogP contribution in [0.1, 0.15) is 21.5 Å². The fourth-order valence-corrected chi connectivity index (χ4v) is 4.56. The summed E-state index contributed by atoms with van der Waals surface area (Å²) in [5.41, 5.74) is 3.00. The minimum absolute atomic E-state index is 0.185. The third-order valence-electron chi connectivity index (χ3n) is 2.55. The Kier molecular flexibility index (Phi) is 5.59. The number of hydrogen-bond acceptors (Lipinski definition) is 3. The summed E-state index contributed by atoms with van der Waals surface area (Å²) < 4.78 is 1.66. The summed E-state index contributed by atoms with van der Waals surface area (Å²) >= 11 is 8.17. The fourth-order valence-electron chi connectivity index (χ4n) is 1.76. The second-order valence-electron chi connectivity index (χ2n) is 4.24. The van der Waals surface area contributed by atoms with Crippen LogP contribution >= 0.6 is 43.2 Å². The monoisotopic (exact) mass is 427 g/mol. The van der Waals surface area contributed by atoms with Gasteiger partial charge in [0.25, 0.3) is 5.91 Å². The van der Waals surface area contributed by atoms with Crippen molar-refractivity contribution in [2.45, 2.75) is 6.92 Å². The van der Waals surface area contributed by atoms with E-state index in [1.54, 1.807) is 12.1 Å². The maximum Gasteiger partial charge on any atom is 0.257 e. The number of anilines is 1. The van der Waals surface area contributed by atoms with Gasteiger partial charge < -0.3 is 10.4 Å². The number of carbonyl (C=O) groups is 1. The van der Waals surface area contributed by atoms with Gasteiger partial charge in [0.2, 0.25) is 0 Å². The van der Waals surface area contributed by atoms with Crippen LogP contribution in [0.15, 0.2) is 31.8 Å². The molecule has 0 unspecified atom stereocenters. The Labute approximate surface area is 143 Å². The van der Waals surface area contributed by atoms with Gasteiger partial charge in [0.1, 0.15) is 6.61 Å². The number of rotatable bonds is 2. The molecule has 0 saturated heterocycles. The minimum atomic E-state index is -0.189. The molecule has 0 saturated carbocycles. The predicted octanol–water partition coefficient (Wildman–Crippen LogP) is 4.18. The maximum absolute atomic E-state index is 12.3. The number of benzene rings is 1. The molecule has 0 radical (unpaired) electrons. The fraction of sp³-hybridized carbons (Fsp3) is 0.133. The van der Waals surface area contributed by atoms with Crippen molar-refractivity contribution in [1.29, 1.82) is 0 Å². The van der Waals surface area contributed by atoms with Crippen molar-refractivity contribution in [2.75, 3.05) is 11.9 Å². The lowest BCUT2D eigenvalue weighted by Crippen LogP contribution is -2.11. The second-order valence-corrected chi connectivity index (χ2v) is 7.99. The molecule has 0 fully saturated rings. The number of aliphatic hydroxyl groups excluding tert-OH is 1. The zero-order chi connectivity index (χ0) is 15.4.